The van der Waals surface area contributed by atoms with Crippen molar-refractivity contribution in [1.82, 2.24) is 9.97 Å². The predicted molar refractivity (Wildman–Crippen MR) is 151 cm³/mol. The summed E-state index contributed by atoms with van der Waals surface area (Å²) < 4.78 is 32.0. The van der Waals surface area contributed by atoms with Crippen LogP contribution in [0.2, 0.25) is 0 Å². The summed E-state index contributed by atoms with van der Waals surface area (Å²) in [5.41, 5.74) is 9.87. The van der Waals surface area contributed by atoms with Gasteiger partial charge in [-0.1, -0.05) is 26.8 Å². The van der Waals surface area contributed by atoms with E-state index >= 15 is 0 Å². The van der Waals surface area contributed by atoms with E-state index in [0.29, 0.717) is 28.3 Å². The van der Waals surface area contributed by atoms with Crippen LogP contribution < -0.4 is 31.4 Å². The number of carbonyl (C=O) groups excluding carboxylic acids is 1. The number of hydrogen-bond acceptors (Lipinski definition) is 8. The minimum absolute atomic E-state index is 0.190. The van der Waals surface area contributed by atoms with Gasteiger partial charge in [-0.15, -0.1) is 0 Å². The highest BCUT2D eigenvalue weighted by Crippen LogP contribution is 2.39. The number of amides is 1. The number of rotatable bonds is 8. The van der Waals surface area contributed by atoms with Crippen molar-refractivity contribution in [3.63, 3.8) is 0 Å². The Labute approximate surface area is 223 Å². The topological polar surface area (TPSA) is 168 Å². The summed E-state index contributed by atoms with van der Waals surface area (Å²) in [5.74, 6) is 6.75. The number of nitrogens with one attached hydrogen (secondary N) is 3. The summed E-state index contributed by atoms with van der Waals surface area (Å²) in [6, 6.07) is 8.55. The lowest BCUT2D eigenvalue weighted by Gasteiger charge is -2.24. The van der Waals surface area contributed by atoms with Gasteiger partial charge in [-0.2, -0.15) is 0 Å². The molecule has 0 fully saturated rings. The molecule has 38 heavy (non-hydrogen) atoms. The van der Waals surface area contributed by atoms with E-state index < -0.39 is 15.9 Å². The molecular formula is C26H35N7O4S. The zero-order chi connectivity index (χ0) is 28.4. The molecule has 1 aromatic heterocycles. The Morgan fingerprint density at radius 2 is 1.82 bits per heavy atom. The Hall–Kier alpha value is -4.03. The van der Waals surface area contributed by atoms with Crippen molar-refractivity contribution >= 4 is 38.7 Å². The van der Waals surface area contributed by atoms with E-state index in [9.17, 15) is 13.2 Å². The Balaban J connectivity index is 1.98. The van der Waals surface area contributed by atoms with Gasteiger partial charge < -0.3 is 20.8 Å². The van der Waals surface area contributed by atoms with Crippen LogP contribution in [0.5, 0.6) is 5.75 Å². The zero-order valence-corrected chi connectivity index (χ0v) is 23.4. The number of methoxy groups -OCH3 is 1. The molecule has 3 aromatic rings. The standard InChI is InChI=1S/C26H35N7O4S/c1-15-8-9-17(10-23(15)33(28)14-19(27)22-13-29-16(2)30-22)25(34)31-20-11-18(26(3,4)5)12-21(24(20)37-6)32-38(7,35)36/h8-14,32H,27-28H2,1-7H3,(H,29,30)(H,31,34)/b19-14-. The highest BCUT2D eigenvalue weighted by atomic mass is 32.2. The van der Waals surface area contributed by atoms with Gasteiger partial charge in [-0.3, -0.25) is 14.5 Å². The summed E-state index contributed by atoms with van der Waals surface area (Å²) in [5, 5.41) is 4.20. The Morgan fingerprint density at radius 1 is 1.16 bits per heavy atom. The molecule has 1 amide bonds. The average molecular weight is 542 g/mol. The van der Waals surface area contributed by atoms with Gasteiger partial charge in [0.25, 0.3) is 5.91 Å². The maximum absolute atomic E-state index is 13.4. The molecule has 1 heterocycles. The van der Waals surface area contributed by atoms with E-state index in [1.165, 1.54) is 18.3 Å². The lowest BCUT2D eigenvalue weighted by Crippen LogP contribution is -2.27. The number of benzene rings is 2. The molecule has 0 aliphatic heterocycles. The molecule has 0 radical (unpaired) electrons. The van der Waals surface area contributed by atoms with Crippen LogP contribution in [0.15, 0.2) is 42.7 Å². The zero-order valence-electron chi connectivity index (χ0n) is 22.6. The van der Waals surface area contributed by atoms with Crippen LogP contribution in [0.1, 0.15) is 53.8 Å². The molecule has 0 saturated carbocycles. The smallest absolute Gasteiger partial charge is 0.255 e. The van der Waals surface area contributed by atoms with Gasteiger partial charge in [0, 0.05) is 11.8 Å². The van der Waals surface area contributed by atoms with Gasteiger partial charge in [0.15, 0.2) is 5.75 Å². The minimum Gasteiger partial charge on any atom is -0.492 e. The van der Waals surface area contributed by atoms with Crippen LogP contribution in [0.3, 0.4) is 0 Å². The normalized spacial score (nSPS) is 12.3. The number of ether oxygens (including phenoxy) is 1. The summed E-state index contributed by atoms with van der Waals surface area (Å²) in [4.78, 5) is 20.5. The predicted octanol–water partition coefficient (Wildman–Crippen LogP) is 3.59. The number of carbonyl (C=O) groups is 1. The van der Waals surface area contributed by atoms with Crippen molar-refractivity contribution in [2.75, 3.05) is 28.4 Å². The van der Waals surface area contributed by atoms with Gasteiger partial charge >= 0.3 is 0 Å². The molecule has 0 atom stereocenters. The Morgan fingerprint density at radius 3 is 2.37 bits per heavy atom. The molecule has 0 aliphatic rings. The van der Waals surface area contributed by atoms with Crippen LogP contribution in [-0.4, -0.2) is 37.7 Å². The van der Waals surface area contributed by atoms with E-state index in [-0.39, 0.29) is 16.9 Å². The summed E-state index contributed by atoms with van der Waals surface area (Å²) in [7, 11) is -2.20. The first-order chi connectivity index (χ1) is 17.6. The first-order valence-corrected chi connectivity index (χ1v) is 13.6. The number of aromatic nitrogens is 2. The molecule has 2 aromatic carbocycles. The van der Waals surface area contributed by atoms with Crippen molar-refractivity contribution in [1.29, 1.82) is 0 Å². The number of nitrogens with two attached hydrogens (primary N) is 2. The van der Waals surface area contributed by atoms with Crippen LogP contribution >= 0.6 is 0 Å². The largest absolute Gasteiger partial charge is 0.492 e. The third-order valence-corrected chi connectivity index (χ3v) is 6.33. The molecular weight excluding hydrogens is 506 g/mol. The second-order valence-corrected chi connectivity index (χ2v) is 11.8. The highest BCUT2D eigenvalue weighted by Gasteiger charge is 2.23. The fourth-order valence-electron chi connectivity index (χ4n) is 3.73. The Kier molecular flexibility index (Phi) is 8.08. The van der Waals surface area contributed by atoms with Crippen LogP contribution in [-0.2, 0) is 15.4 Å². The van der Waals surface area contributed by atoms with Gasteiger partial charge in [0.1, 0.15) is 5.82 Å². The molecule has 0 saturated heterocycles. The SMILES string of the molecule is COc1c(NC(=O)c2ccc(C)c(N(N)/C=C(\N)c3cnc(C)[nH]3)c2)cc(C(C)(C)C)cc1NS(C)(=O)=O. The molecule has 204 valence electrons. The maximum atomic E-state index is 13.4. The molecule has 11 nitrogen and oxygen atoms in total. The monoisotopic (exact) mass is 541 g/mol. The number of nitrogens with zero attached hydrogens (tertiary/aromatic N) is 2. The van der Waals surface area contributed by atoms with Gasteiger partial charge in [0.05, 0.1) is 48.0 Å². The number of anilines is 3. The second-order valence-electron chi connectivity index (χ2n) is 10.1. The lowest BCUT2D eigenvalue weighted by molar-refractivity contribution is 0.102. The molecule has 3 rings (SSSR count). The molecule has 0 spiro atoms. The molecule has 0 unspecified atom stereocenters. The molecule has 0 aliphatic carbocycles. The molecule has 12 heteroatoms. The fourth-order valence-corrected chi connectivity index (χ4v) is 4.28. The van der Waals surface area contributed by atoms with Crippen molar-refractivity contribution < 1.29 is 17.9 Å². The van der Waals surface area contributed by atoms with Gasteiger partial charge in [-0.05, 0) is 54.7 Å². The van der Waals surface area contributed by atoms with E-state index in [2.05, 4.69) is 20.0 Å². The number of aryl methyl sites for hydroxylation is 2. The first-order valence-electron chi connectivity index (χ1n) is 11.7. The van der Waals surface area contributed by atoms with Crippen molar-refractivity contribution in [2.45, 2.75) is 40.0 Å². The number of imidazole rings is 1. The van der Waals surface area contributed by atoms with Crippen molar-refractivity contribution in [2.24, 2.45) is 11.6 Å². The molecule has 0 bridgehead atoms. The van der Waals surface area contributed by atoms with Crippen molar-refractivity contribution in [3.8, 4) is 5.75 Å². The van der Waals surface area contributed by atoms with Crippen LogP contribution in [0.4, 0.5) is 17.1 Å². The third-order valence-electron chi connectivity index (χ3n) is 5.74. The summed E-state index contributed by atoms with van der Waals surface area (Å²) in [6.45, 7) is 9.62. The molecule has 7 N–H and O–H groups in total. The van der Waals surface area contributed by atoms with Crippen LogP contribution in [0.25, 0.3) is 5.70 Å². The number of sulfonamides is 1. The lowest BCUT2D eigenvalue weighted by atomic mass is 9.86. The van der Waals surface area contributed by atoms with E-state index in [0.717, 1.165) is 23.2 Å². The number of H-pyrrole nitrogens is 1. The first kappa shape index (κ1) is 28.5. The average Bonchev–Trinajstić information content (AvgIpc) is 3.24. The number of aromatic amines is 1. The highest BCUT2D eigenvalue weighted by molar-refractivity contribution is 7.92. The quantitative estimate of drug-likeness (QED) is 0.213. The third kappa shape index (κ3) is 6.84. The number of hydrazine groups is 1. The van der Waals surface area contributed by atoms with E-state index in [1.54, 1.807) is 36.5 Å². The van der Waals surface area contributed by atoms with Crippen LogP contribution in [0, 0.1) is 13.8 Å². The number of hydrogen-bond donors (Lipinski definition) is 5. The Bertz CT molecular complexity index is 1490. The summed E-state index contributed by atoms with van der Waals surface area (Å²) in [6.07, 6.45) is 4.20. The van der Waals surface area contributed by atoms with Gasteiger partial charge in [-0.25, -0.2) is 19.2 Å². The second kappa shape index (κ2) is 10.8. The van der Waals surface area contributed by atoms with Gasteiger partial charge in [0.2, 0.25) is 10.0 Å². The summed E-state index contributed by atoms with van der Waals surface area (Å²) >= 11 is 0. The van der Waals surface area contributed by atoms with E-state index in [1.807, 2.05) is 34.6 Å². The van der Waals surface area contributed by atoms with Crippen molar-refractivity contribution in [3.05, 3.63) is 70.9 Å². The van der Waals surface area contributed by atoms with E-state index in [4.69, 9.17) is 16.3 Å². The maximum Gasteiger partial charge on any atom is 0.255 e. The minimum atomic E-state index is -3.60. The fraction of sp³-hybridized carbons (Fsp3) is 0.308.